The second-order valence-electron chi connectivity index (χ2n) is 11.2. The zero-order valence-corrected chi connectivity index (χ0v) is 25.9. The Morgan fingerprint density at radius 2 is 1.80 bits per heavy atom. The Balaban J connectivity index is 1.12. The summed E-state index contributed by atoms with van der Waals surface area (Å²) >= 11 is 3.52. The number of aryl methyl sites for hydroxylation is 2. The highest BCUT2D eigenvalue weighted by Crippen LogP contribution is 2.35. The summed E-state index contributed by atoms with van der Waals surface area (Å²) in [6, 6.07) is 12.8. The first-order valence-corrected chi connectivity index (χ1v) is 16.7. The highest BCUT2D eigenvalue weighted by atomic mass is 79.9. The van der Waals surface area contributed by atoms with Gasteiger partial charge in [-0.1, -0.05) is 12.1 Å². The molecular formula is C29H37BrN8O2S. The lowest BCUT2D eigenvalue weighted by Gasteiger charge is -2.43. The third-order valence-corrected chi connectivity index (χ3v) is 10.2. The van der Waals surface area contributed by atoms with E-state index in [4.69, 9.17) is 0 Å². The lowest BCUT2D eigenvalue weighted by atomic mass is 10.0. The number of likely N-dealkylation sites (N-methyl/N-ethyl adjacent to an activating group) is 1. The molecule has 3 aliphatic heterocycles. The molecule has 41 heavy (non-hydrogen) atoms. The van der Waals surface area contributed by atoms with E-state index in [2.05, 4.69) is 88.1 Å². The highest BCUT2D eigenvalue weighted by molar-refractivity contribution is 9.10. The van der Waals surface area contributed by atoms with Gasteiger partial charge in [0.15, 0.2) is 0 Å². The minimum absolute atomic E-state index is 0.0851. The van der Waals surface area contributed by atoms with Crippen molar-refractivity contribution in [1.29, 1.82) is 0 Å². The highest BCUT2D eigenvalue weighted by Gasteiger charge is 2.27. The monoisotopic (exact) mass is 640 g/mol. The number of piperazine rings is 1. The van der Waals surface area contributed by atoms with Crippen molar-refractivity contribution in [2.24, 2.45) is 0 Å². The Morgan fingerprint density at radius 1 is 1.02 bits per heavy atom. The fourth-order valence-electron chi connectivity index (χ4n) is 6.00. The van der Waals surface area contributed by atoms with Crippen LogP contribution in [0.25, 0.3) is 0 Å². The molecule has 0 saturated carbocycles. The van der Waals surface area contributed by atoms with E-state index >= 15 is 0 Å². The molecule has 10 nitrogen and oxygen atoms in total. The quantitative estimate of drug-likeness (QED) is 0.358. The molecule has 12 heteroatoms. The van der Waals surface area contributed by atoms with E-state index < -0.39 is 10.0 Å². The van der Waals surface area contributed by atoms with Crippen molar-refractivity contribution in [1.82, 2.24) is 19.8 Å². The summed E-state index contributed by atoms with van der Waals surface area (Å²) in [5, 5.41) is 6.61. The summed E-state index contributed by atoms with van der Waals surface area (Å²) in [5.74, 6) is 1.07. The van der Waals surface area contributed by atoms with Gasteiger partial charge >= 0.3 is 0 Å². The van der Waals surface area contributed by atoms with Crippen molar-refractivity contribution in [3.05, 3.63) is 58.2 Å². The van der Waals surface area contributed by atoms with Crippen molar-refractivity contribution in [3.63, 3.8) is 0 Å². The molecule has 218 valence electrons. The average Bonchev–Trinajstić information content (AvgIpc) is 2.95. The van der Waals surface area contributed by atoms with Gasteiger partial charge in [0.05, 0.1) is 21.6 Å². The van der Waals surface area contributed by atoms with Gasteiger partial charge in [-0.05, 0) is 84.6 Å². The molecule has 2 fully saturated rings. The number of aromatic nitrogens is 2. The van der Waals surface area contributed by atoms with Crippen molar-refractivity contribution >= 4 is 60.5 Å². The first kappa shape index (κ1) is 28.2. The van der Waals surface area contributed by atoms with Crippen LogP contribution in [-0.2, 0) is 16.4 Å². The first-order valence-electron chi connectivity index (χ1n) is 14.2. The van der Waals surface area contributed by atoms with Crippen LogP contribution >= 0.6 is 15.9 Å². The van der Waals surface area contributed by atoms with Gasteiger partial charge in [-0.15, -0.1) is 0 Å². The molecule has 2 saturated heterocycles. The molecule has 4 heterocycles. The number of fused-ring (bicyclic) bond motifs is 1. The molecule has 6 rings (SSSR count). The summed E-state index contributed by atoms with van der Waals surface area (Å²) in [6.07, 6.45) is 4.57. The fourth-order valence-corrected chi connectivity index (χ4v) is 7.44. The Kier molecular flexibility index (Phi) is 8.08. The molecule has 0 unspecified atom stereocenters. The van der Waals surface area contributed by atoms with Gasteiger partial charge in [0.25, 0.3) is 0 Å². The number of sulfonamides is 1. The maximum Gasteiger partial charge on any atom is 0.233 e. The molecule has 3 N–H and O–H groups in total. The zero-order valence-electron chi connectivity index (χ0n) is 23.5. The molecule has 3 aliphatic rings. The van der Waals surface area contributed by atoms with Crippen LogP contribution in [0.3, 0.4) is 0 Å². The van der Waals surface area contributed by atoms with E-state index in [1.165, 1.54) is 50.3 Å². The van der Waals surface area contributed by atoms with E-state index in [1.807, 2.05) is 18.2 Å². The minimum Gasteiger partial charge on any atom is -0.371 e. The predicted octanol–water partition coefficient (Wildman–Crippen LogP) is 4.55. The van der Waals surface area contributed by atoms with Gasteiger partial charge in [-0.2, -0.15) is 4.98 Å². The topological polar surface area (TPSA) is 106 Å². The van der Waals surface area contributed by atoms with Crippen molar-refractivity contribution in [2.75, 3.05) is 72.3 Å². The molecule has 0 aliphatic carbocycles. The van der Waals surface area contributed by atoms with Crippen LogP contribution in [0.5, 0.6) is 0 Å². The summed E-state index contributed by atoms with van der Waals surface area (Å²) in [6.45, 7) is 9.02. The predicted molar refractivity (Wildman–Crippen MR) is 169 cm³/mol. The Hall–Kier alpha value is -2.93. The number of para-hydroxylation sites is 1. The standard InChI is InChI=1S/C29H37BrN8O2S/c1-20-18-22(6-7-26(20)38-11-8-23(9-12-38)37-15-13-36(2)14-16-37)32-29-31-19-24(30)28(34-29)33-25-5-3-4-21-10-17-41(39,40)35-27(21)25/h3-7,18-19,23,35H,8-17H2,1-2H3,(H2,31,32,33,34). The summed E-state index contributed by atoms with van der Waals surface area (Å²) in [5.41, 5.74) is 5.57. The maximum atomic E-state index is 12.2. The van der Waals surface area contributed by atoms with E-state index in [0.717, 1.165) is 24.3 Å². The third-order valence-electron chi connectivity index (χ3n) is 8.36. The van der Waals surface area contributed by atoms with Gasteiger partial charge in [0.1, 0.15) is 5.82 Å². The minimum atomic E-state index is -3.35. The fraction of sp³-hybridized carbons (Fsp3) is 0.448. The second kappa shape index (κ2) is 11.7. The van der Waals surface area contributed by atoms with Crippen LogP contribution < -0.4 is 20.3 Å². The van der Waals surface area contributed by atoms with Crippen LogP contribution in [0.1, 0.15) is 24.0 Å². The molecule has 0 atom stereocenters. The number of anilines is 6. The molecular weight excluding hydrogens is 604 g/mol. The summed E-state index contributed by atoms with van der Waals surface area (Å²) in [4.78, 5) is 16.7. The van der Waals surface area contributed by atoms with Crippen LogP contribution in [0.15, 0.2) is 47.1 Å². The number of hydrogen-bond acceptors (Lipinski definition) is 9. The molecule has 0 radical (unpaired) electrons. The number of rotatable bonds is 6. The maximum absolute atomic E-state index is 12.2. The number of nitrogens with zero attached hydrogens (tertiary/aromatic N) is 5. The normalized spacial score (nSPS) is 19.8. The van der Waals surface area contributed by atoms with E-state index in [0.29, 0.717) is 40.1 Å². The van der Waals surface area contributed by atoms with Crippen molar-refractivity contribution in [3.8, 4) is 0 Å². The SMILES string of the molecule is Cc1cc(Nc2ncc(Br)c(Nc3cccc4c3NS(=O)(=O)CC4)n2)ccc1N1CCC(N2CCN(C)CC2)CC1. The Bertz CT molecular complexity index is 1520. The van der Waals surface area contributed by atoms with E-state index in [9.17, 15) is 8.42 Å². The molecule has 2 aromatic carbocycles. The van der Waals surface area contributed by atoms with Gasteiger partial charge in [0.2, 0.25) is 16.0 Å². The Labute approximate surface area is 250 Å². The van der Waals surface area contributed by atoms with Crippen molar-refractivity contribution in [2.45, 2.75) is 32.2 Å². The molecule has 0 bridgehead atoms. The lowest BCUT2D eigenvalue weighted by Crippen LogP contribution is -2.52. The second-order valence-corrected chi connectivity index (χ2v) is 13.9. The van der Waals surface area contributed by atoms with Crippen molar-refractivity contribution < 1.29 is 8.42 Å². The van der Waals surface area contributed by atoms with Crippen LogP contribution in [0, 0.1) is 6.92 Å². The number of benzene rings is 2. The number of piperidine rings is 1. The van der Waals surface area contributed by atoms with Crippen LogP contribution in [-0.4, -0.2) is 86.3 Å². The van der Waals surface area contributed by atoms with Gasteiger partial charge in [-0.25, -0.2) is 13.4 Å². The smallest absolute Gasteiger partial charge is 0.233 e. The molecule has 3 aromatic rings. The van der Waals surface area contributed by atoms with E-state index in [1.54, 1.807) is 6.20 Å². The summed E-state index contributed by atoms with van der Waals surface area (Å²) in [7, 11) is -1.14. The number of halogens is 1. The van der Waals surface area contributed by atoms with E-state index in [-0.39, 0.29) is 5.75 Å². The lowest BCUT2D eigenvalue weighted by molar-refractivity contribution is 0.0982. The first-order chi connectivity index (χ1) is 19.7. The van der Waals surface area contributed by atoms with Crippen LogP contribution in [0.2, 0.25) is 0 Å². The van der Waals surface area contributed by atoms with Gasteiger partial charge in [0, 0.05) is 62.9 Å². The van der Waals surface area contributed by atoms with Crippen LogP contribution in [0.4, 0.5) is 34.5 Å². The number of nitrogens with one attached hydrogen (secondary N) is 3. The summed E-state index contributed by atoms with van der Waals surface area (Å²) < 4.78 is 27.7. The number of hydrogen-bond donors (Lipinski definition) is 3. The zero-order chi connectivity index (χ0) is 28.6. The molecule has 1 aromatic heterocycles. The Morgan fingerprint density at radius 3 is 2.56 bits per heavy atom. The molecule has 0 spiro atoms. The average molecular weight is 642 g/mol. The third kappa shape index (κ3) is 6.45. The molecule has 0 amide bonds. The van der Waals surface area contributed by atoms with Gasteiger partial charge < -0.3 is 20.4 Å². The largest absolute Gasteiger partial charge is 0.371 e. The van der Waals surface area contributed by atoms with Gasteiger partial charge in [-0.3, -0.25) is 9.62 Å².